The van der Waals surface area contributed by atoms with Gasteiger partial charge in [0.1, 0.15) is 13.2 Å². The zero-order valence-corrected chi connectivity index (χ0v) is 21.3. The molecule has 37 heavy (non-hydrogen) atoms. The van der Waals surface area contributed by atoms with E-state index in [1.54, 1.807) is 17.6 Å². The number of nitrogens with zero attached hydrogens (tertiary/aromatic N) is 2. The van der Waals surface area contributed by atoms with Crippen LogP contribution in [0.3, 0.4) is 0 Å². The van der Waals surface area contributed by atoms with Crippen LogP contribution in [-0.4, -0.2) is 26.6 Å². The highest BCUT2D eigenvalue weighted by Crippen LogP contribution is 2.40. The molecule has 0 aliphatic carbocycles. The number of carbonyl (C=O) groups is 2. The number of fused-ring (bicyclic) bond motifs is 5. The minimum Gasteiger partial charge on any atom is -0.461 e. The summed E-state index contributed by atoms with van der Waals surface area (Å²) in [6.07, 6.45) is 5.72. The van der Waals surface area contributed by atoms with Gasteiger partial charge < -0.3 is 19.1 Å². The SMILES string of the molecule is CCCCCCCC(=O)OCc1c2c(nc3ccccc13)-c1cc3c(c(=O)n1C2)COC(=O)[C@]3(O)CC. The highest BCUT2D eigenvalue weighted by Gasteiger charge is 2.45. The van der Waals surface area contributed by atoms with E-state index in [9.17, 15) is 19.5 Å². The van der Waals surface area contributed by atoms with E-state index >= 15 is 0 Å². The van der Waals surface area contributed by atoms with E-state index in [2.05, 4.69) is 6.92 Å². The number of unbranched alkanes of at least 4 members (excludes halogenated alkanes) is 4. The smallest absolute Gasteiger partial charge is 0.343 e. The van der Waals surface area contributed by atoms with Crippen LogP contribution in [0.15, 0.2) is 35.1 Å². The lowest BCUT2D eigenvalue weighted by atomic mass is 9.86. The van der Waals surface area contributed by atoms with Gasteiger partial charge in [0.2, 0.25) is 0 Å². The number of aliphatic hydroxyl groups is 1. The van der Waals surface area contributed by atoms with Gasteiger partial charge in [0, 0.05) is 28.5 Å². The highest BCUT2D eigenvalue weighted by molar-refractivity contribution is 5.89. The number of rotatable bonds is 9. The Balaban J connectivity index is 1.52. The molecule has 8 heteroatoms. The Labute approximate surface area is 215 Å². The standard InChI is InChI=1S/C29H32N2O6/c1-3-5-6-7-8-13-25(32)36-16-20-18-11-9-10-12-23(18)30-26-19(20)15-31-24(26)14-22-21(27(31)33)17-37-28(34)29(22,35)4-2/h9-12,14,35H,3-8,13,15-17H2,1-2H3/t29-/m0/s1. The van der Waals surface area contributed by atoms with Gasteiger partial charge in [-0.05, 0) is 25.0 Å². The van der Waals surface area contributed by atoms with Gasteiger partial charge in [-0.2, -0.15) is 0 Å². The summed E-state index contributed by atoms with van der Waals surface area (Å²) in [5.41, 5.74) is 1.84. The molecule has 0 spiro atoms. The lowest BCUT2D eigenvalue weighted by Gasteiger charge is -2.31. The largest absolute Gasteiger partial charge is 0.461 e. The maximum Gasteiger partial charge on any atom is 0.343 e. The van der Waals surface area contributed by atoms with Crippen LogP contribution in [0.5, 0.6) is 0 Å². The van der Waals surface area contributed by atoms with Crippen LogP contribution < -0.4 is 5.56 Å². The van der Waals surface area contributed by atoms with Gasteiger partial charge in [0.15, 0.2) is 5.60 Å². The molecule has 8 nitrogen and oxygen atoms in total. The molecular weight excluding hydrogens is 472 g/mol. The summed E-state index contributed by atoms with van der Waals surface area (Å²) in [5, 5.41) is 12.0. The molecule has 2 aliphatic heterocycles. The summed E-state index contributed by atoms with van der Waals surface area (Å²) in [6, 6.07) is 9.31. The van der Waals surface area contributed by atoms with Gasteiger partial charge in [0.05, 0.1) is 29.0 Å². The molecule has 0 fully saturated rings. The second-order valence-electron chi connectivity index (χ2n) is 9.86. The molecule has 0 bridgehead atoms. The van der Waals surface area contributed by atoms with E-state index in [1.165, 1.54) is 6.42 Å². The second-order valence-corrected chi connectivity index (χ2v) is 9.86. The Morgan fingerprint density at radius 3 is 2.70 bits per heavy atom. The van der Waals surface area contributed by atoms with Gasteiger partial charge in [-0.15, -0.1) is 0 Å². The molecule has 0 radical (unpaired) electrons. The van der Waals surface area contributed by atoms with Crippen molar-refractivity contribution in [2.24, 2.45) is 0 Å². The summed E-state index contributed by atoms with van der Waals surface area (Å²) in [7, 11) is 0. The summed E-state index contributed by atoms with van der Waals surface area (Å²) in [5.74, 6) is -0.989. The Morgan fingerprint density at radius 2 is 1.92 bits per heavy atom. The van der Waals surface area contributed by atoms with Gasteiger partial charge in [-0.3, -0.25) is 9.59 Å². The lowest BCUT2D eigenvalue weighted by Crippen LogP contribution is -2.44. The molecule has 0 amide bonds. The first-order valence-electron chi connectivity index (χ1n) is 13.1. The van der Waals surface area contributed by atoms with E-state index in [1.807, 2.05) is 24.3 Å². The fourth-order valence-corrected chi connectivity index (χ4v) is 5.38. The fraction of sp³-hybridized carbons (Fsp3) is 0.448. The third-order valence-corrected chi connectivity index (χ3v) is 7.58. The predicted octanol–water partition coefficient (Wildman–Crippen LogP) is 4.48. The number of ether oxygens (including phenoxy) is 2. The van der Waals surface area contributed by atoms with E-state index in [-0.39, 0.29) is 48.8 Å². The summed E-state index contributed by atoms with van der Waals surface area (Å²) in [6.45, 7) is 4.00. The molecule has 1 aromatic carbocycles. The maximum atomic E-state index is 13.5. The van der Waals surface area contributed by atoms with Gasteiger partial charge in [0.25, 0.3) is 5.56 Å². The number of benzene rings is 1. The normalized spacial score (nSPS) is 17.8. The number of hydrogen-bond acceptors (Lipinski definition) is 7. The van der Waals surface area contributed by atoms with E-state index in [0.717, 1.165) is 47.7 Å². The van der Waals surface area contributed by atoms with Crippen molar-refractivity contribution in [3.63, 3.8) is 0 Å². The molecule has 1 atom stereocenters. The van der Waals surface area contributed by atoms with Crippen molar-refractivity contribution in [1.82, 2.24) is 9.55 Å². The van der Waals surface area contributed by atoms with Crippen LogP contribution in [0.4, 0.5) is 0 Å². The predicted molar refractivity (Wildman–Crippen MR) is 138 cm³/mol. The number of aromatic nitrogens is 2. The molecule has 194 valence electrons. The van der Waals surface area contributed by atoms with Crippen molar-refractivity contribution in [1.29, 1.82) is 0 Å². The number of para-hydroxylation sites is 1. The minimum atomic E-state index is -1.88. The van der Waals surface area contributed by atoms with Crippen molar-refractivity contribution in [2.75, 3.05) is 0 Å². The molecule has 0 saturated carbocycles. The van der Waals surface area contributed by atoms with Crippen LogP contribution in [0.1, 0.15) is 81.0 Å². The molecule has 0 saturated heterocycles. The van der Waals surface area contributed by atoms with Crippen molar-refractivity contribution in [2.45, 2.75) is 84.2 Å². The molecule has 4 heterocycles. The molecule has 2 aliphatic rings. The summed E-state index contributed by atoms with van der Waals surface area (Å²) >= 11 is 0. The van der Waals surface area contributed by atoms with Crippen LogP contribution in [-0.2, 0) is 44.4 Å². The molecule has 1 N–H and O–H groups in total. The number of carbonyl (C=O) groups excluding carboxylic acids is 2. The second kappa shape index (κ2) is 10.1. The molecule has 5 rings (SSSR count). The monoisotopic (exact) mass is 504 g/mol. The van der Waals surface area contributed by atoms with Crippen LogP contribution in [0, 0.1) is 0 Å². The van der Waals surface area contributed by atoms with E-state index < -0.39 is 11.6 Å². The molecule has 2 aromatic heterocycles. The Morgan fingerprint density at radius 1 is 1.14 bits per heavy atom. The Kier molecular flexibility index (Phi) is 6.86. The van der Waals surface area contributed by atoms with Crippen molar-refractivity contribution >= 4 is 22.8 Å². The molecule has 0 unspecified atom stereocenters. The van der Waals surface area contributed by atoms with Gasteiger partial charge >= 0.3 is 11.9 Å². The zero-order chi connectivity index (χ0) is 26.2. The average Bonchev–Trinajstić information content (AvgIpc) is 3.27. The van der Waals surface area contributed by atoms with Crippen LogP contribution >= 0.6 is 0 Å². The van der Waals surface area contributed by atoms with Crippen LogP contribution in [0.25, 0.3) is 22.3 Å². The zero-order valence-electron chi connectivity index (χ0n) is 21.3. The molecule has 3 aromatic rings. The lowest BCUT2D eigenvalue weighted by molar-refractivity contribution is -0.172. The average molecular weight is 505 g/mol. The Hall–Kier alpha value is -3.52. The number of cyclic esters (lactones) is 1. The highest BCUT2D eigenvalue weighted by atomic mass is 16.6. The first-order chi connectivity index (χ1) is 17.9. The van der Waals surface area contributed by atoms with E-state index in [0.29, 0.717) is 17.8 Å². The third-order valence-electron chi connectivity index (χ3n) is 7.58. The quantitative estimate of drug-likeness (QED) is 0.264. The van der Waals surface area contributed by atoms with Gasteiger partial charge in [-0.1, -0.05) is 57.7 Å². The Bertz CT molecular complexity index is 1440. The number of pyridine rings is 2. The number of esters is 2. The summed E-state index contributed by atoms with van der Waals surface area (Å²) < 4.78 is 12.5. The van der Waals surface area contributed by atoms with E-state index in [4.69, 9.17) is 14.5 Å². The van der Waals surface area contributed by atoms with Crippen molar-refractivity contribution < 1.29 is 24.2 Å². The fourth-order valence-electron chi connectivity index (χ4n) is 5.38. The first kappa shape index (κ1) is 25.1. The third kappa shape index (κ3) is 4.33. The first-order valence-corrected chi connectivity index (χ1v) is 13.1. The molecular formula is C29H32N2O6. The number of hydrogen-bond donors (Lipinski definition) is 1. The van der Waals surface area contributed by atoms with Crippen LogP contribution in [0.2, 0.25) is 0 Å². The van der Waals surface area contributed by atoms with Crippen molar-refractivity contribution in [3.05, 3.63) is 62.9 Å². The van der Waals surface area contributed by atoms with Gasteiger partial charge in [-0.25, -0.2) is 9.78 Å². The minimum absolute atomic E-state index is 0.0827. The summed E-state index contributed by atoms with van der Waals surface area (Å²) in [4.78, 5) is 43.3. The van der Waals surface area contributed by atoms with Crippen molar-refractivity contribution in [3.8, 4) is 11.4 Å². The topological polar surface area (TPSA) is 108 Å². The maximum absolute atomic E-state index is 13.5.